The molecule has 0 heterocycles. The highest BCUT2D eigenvalue weighted by Gasteiger charge is 2.35. The van der Waals surface area contributed by atoms with Crippen LogP contribution in [0.2, 0.25) is 0 Å². The molecule has 1 atom stereocenters. The Hall–Kier alpha value is -2.17. The standard InChI is InChI=1S/C19H27N3O2/c1-12-8-5-6-11-14(12)15(20)17(23)22-16(19(2,3)4)18(24)21-13-9-7-10-13/h5-6,8,11,13,16,20H,7,9-10H2,1-4H3,(H,21,24)(H,22,23). The van der Waals surface area contributed by atoms with Crippen LogP contribution in [-0.4, -0.2) is 29.6 Å². The number of hydrogen-bond donors (Lipinski definition) is 3. The molecule has 0 spiro atoms. The van der Waals surface area contributed by atoms with E-state index >= 15 is 0 Å². The smallest absolute Gasteiger partial charge is 0.270 e. The Kier molecular flexibility index (Phi) is 5.42. The van der Waals surface area contributed by atoms with E-state index in [9.17, 15) is 9.59 Å². The van der Waals surface area contributed by atoms with Gasteiger partial charge in [-0.3, -0.25) is 15.0 Å². The minimum atomic E-state index is -0.671. The zero-order chi connectivity index (χ0) is 17.9. The molecule has 5 heteroatoms. The number of amides is 2. The molecule has 130 valence electrons. The van der Waals surface area contributed by atoms with Gasteiger partial charge in [0.2, 0.25) is 5.91 Å². The third-order valence-corrected chi connectivity index (χ3v) is 4.50. The Labute approximate surface area is 143 Å². The number of carbonyl (C=O) groups excluding carboxylic acids is 2. The van der Waals surface area contributed by atoms with Gasteiger partial charge in [-0.2, -0.15) is 0 Å². The molecular formula is C19H27N3O2. The number of nitrogens with one attached hydrogen (secondary N) is 3. The molecule has 1 aliphatic rings. The highest BCUT2D eigenvalue weighted by molar-refractivity contribution is 6.44. The first-order chi connectivity index (χ1) is 11.2. The fourth-order valence-electron chi connectivity index (χ4n) is 2.69. The third kappa shape index (κ3) is 4.22. The lowest BCUT2D eigenvalue weighted by molar-refractivity contribution is -0.130. The van der Waals surface area contributed by atoms with Crippen molar-refractivity contribution in [3.05, 3.63) is 35.4 Å². The van der Waals surface area contributed by atoms with Crippen molar-refractivity contribution in [2.75, 3.05) is 0 Å². The molecule has 0 aromatic heterocycles. The lowest BCUT2D eigenvalue weighted by Crippen LogP contribution is -2.57. The van der Waals surface area contributed by atoms with Gasteiger partial charge in [-0.1, -0.05) is 45.0 Å². The highest BCUT2D eigenvalue weighted by atomic mass is 16.2. The Morgan fingerprint density at radius 1 is 1.21 bits per heavy atom. The molecule has 2 rings (SSSR count). The van der Waals surface area contributed by atoms with Crippen molar-refractivity contribution >= 4 is 17.5 Å². The normalized spacial score (nSPS) is 16.0. The zero-order valence-corrected chi connectivity index (χ0v) is 14.9. The van der Waals surface area contributed by atoms with E-state index in [1.165, 1.54) is 0 Å². The van der Waals surface area contributed by atoms with Crippen molar-refractivity contribution in [2.45, 2.75) is 59.0 Å². The van der Waals surface area contributed by atoms with Crippen molar-refractivity contribution in [3.63, 3.8) is 0 Å². The molecule has 0 radical (unpaired) electrons. The quantitative estimate of drug-likeness (QED) is 0.726. The van der Waals surface area contributed by atoms with Crippen LogP contribution in [0.15, 0.2) is 24.3 Å². The second kappa shape index (κ2) is 7.16. The highest BCUT2D eigenvalue weighted by Crippen LogP contribution is 2.23. The van der Waals surface area contributed by atoms with Gasteiger partial charge in [0, 0.05) is 11.6 Å². The monoisotopic (exact) mass is 329 g/mol. The average Bonchev–Trinajstić information content (AvgIpc) is 2.46. The summed E-state index contributed by atoms with van der Waals surface area (Å²) in [4.78, 5) is 25.1. The molecule has 1 unspecified atom stereocenters. The summed E-state index contributed by atoms with van der Waals surface area (Å²) in [6.07, 6.45) is 3.13. The van der Waals surface area contributed by atoms with Crippen molar-refractivity contribution < 1.29 is 9.59 Å². The summed E-state index contributed by atoms with van der Waals surface area (Å²) >= 11 is 0. The molecule has 1 fully saturated rings. The van der Waals surface area contributed by atoms with E-state index in [0.717, 1.165) is 24.8 Å². The fraction of sp³-hybridized carbons (Fsp3) is 0.526. The summed E-state index contributed by atoms with van der Waals surface area (Å²) in [5.74, 6) is -0.689. The third-order valence-electron chi connectivity index (χ3n) is 4.50. The Morgan fingerprint density at radius 3 is 2.33 bits per heavy atom. The van der Waals surface area contributed by atoms with E-state index < -0.39 is 17.4 Å². The Morgan fingerprint density at radius 2 is 1.83 bits per heavy atom. The maximum Gasteiger partial charge on any atom is 0.270 e. The van der Waals surface area contributed by atoms with Crippen LogP contribution in [0, 0.1) is 17.7 Å². The van der Waals surface area contributed by atoms with Crippen molar-refractivity contribution in [1.29, 1.82) is 5.41 Å². The van der Waals surface area contributed by atoms with E-state index in [-0.39, 0.29) is 17.7 Å². The molecule has 2 amide bonds. The van der Waals surface area contributed by atoms with Gasteiger partial charge in [0.15, 0.2) is 0 Å². The molecule has 1 aromatic carbocycles. The first kappa shape index (κ1) is 18.2. The second-order valence-corrected chi connectivity index (χ2v) is 7.60. The number of hydrogen-bond acceptors (Lipinski definition) is 3. The topological polar surface area (TPSA) is 82.1 Å². The number of aryl methyl sites for hydroxylation is 1. The molecule has 1 aromatic rings. The van der Waals surface area contributed by atoms with E-state index in [1.54, 1.807) is 12.1 Å². The van der Waals surface area contributed by atoms with Gasteiger partial charge in [0.25, 0.3) is 5.91 Å². The van der Waals surface area contributed by atoms with Gasteiger partial charge in [0.1, 0.15) is 11.8 Å². The predicted octanol–water partition coefficient (Wildman–Crippen LogP) is 2.56. The van der Waals surface area contributed by atoms with Crippen LogP contribution in [0.3, 0.4) is 0 Å². The maximum absolute atomic E-state index is 12.6. The van der Waals surface area contributed by atoms with Crippen molar-refractivity contribution in [2.24, 2.45) is 5.41 Å². The first-order valence-corrected chi connectivity index (χ1v) is 8.46. The summed E-state index contributed by atoms with van der Waals surface area (Å²) < 4.78 is 0. The average molecular weight is 329 g/mol. The summed E-state index contributed by atoms with van der Waals surface area (Å²) in [5, 5.41) is 13.9. The Balaban J connectivity index is 2.10. The summed E-state index contributed by atoms with van der Waals surface area (Å²) in [6, 6.07) is 6.83. The number of benzene rings is 1. The molecular weight excluding hydrogens is 302 g/mol. The van der Waals surface area contributed by atoms with Crippen molar-refractivity contribution in [1.82, 2.24) is 10.6 Å². The van der Waals surface area contributed by atoms with E-state index in [2.05, 4.69) is 10.6 Å². The van der Waals surface area contributed by atoms with Crippen LogP contribution in [0.4, 0.5) is 0 Å². The summed E-state index contributed by atoms with van der Waals surface area (Å²) in [5.41, 5.74) is 0.903. The van der Waals surface area contributed by atoms with Gasteiger partial charge in [-0.25, -0.2) is 0 Å². The van der Waals surface area contributed by atoms with Gasteiger partial charge in [-0.05, 0) is 37.2 Å². The largest absolute Gasteiger partial charge is 0.352 e. The lowest BCUT2D eigenvalue weighted by atomic mass is 9.84. The molecule has 0 aliphatic heterocycles. The van der Waals surface area contributed by atoms with E-state index in [0.29, 0.717) is 5.56 Å². The molecule has 1 aliphatic carbocycles. The maximum atomic E-state index is 12.6. The summed E-state index contributed by atoms with van der Waals surface area (Å²) in [6.45, 7) is 7.60. The van der Waals surface area contributed by atoms with E-state index in [4.69, 9.17) is 5.41 Å². The predicted molar refractivity (Wildman–Crippen MR) is 95.2 cm³/mol. The van der Waals surface area contributed by atoms with E-state index in [1.807, 2.05) is 39.8 Å². The SMILES string of the molecule is Cc1ccccc1C(=N)C(=O)NC(C(=O)NC1CCC1)C(C)(C)C. The van der Waals surface area contributed by atoms with Crippen LogP contribution in [0.5, 0.6) is 0 Å². The second-order valence-electron chi connectivity index (χ2n) is 7.60. The minimum Gasteiger partial charge on any atom is -0.352 e. The summed E-state index contributed by atoms with van der Waals surface area (Å²) in [7, 11) is 0. The lowest BCUT2D eigenvalue weighted by Gasteiger charge is -2.34. The van der Waals surface area contributed by atoms with Gasteiger partial charge >= 0.3 is 0 Å². The van der Waals surface area contributed by atoms with Crippen molar-refractivity contribution in [3.8, 4) is 0 Å². The molecule has 0 saturated heterocycles. The van der Waals surface area contributed by atoms with Crippen LogP contribution >= 0.6 is 0 Å². The number of carbonyl (C=O) groups is 2. The van der Waals surface area contributed by atoms with Gasteiger partial charge in [0.05, 0.1) is 0 Å². The zero-order valence-electron chi connectivity index (χ0n) is 14.9. The van der Waals surface area contributed by atoms with Gasteiger partial charge < -0.3 is 10.6 Å². The number of rotatable bonds is 5. The molecule has 5 nitrogen and oxygen atoms in total. The minimum absolute atomic E-state index is 0.112. The van der Waals surface area contributed by atoms with Crippen LogP contribution in [-0.2, 0) is 9.59 Å². The molecule has 1 saturated carbocycles. The molecule has 3 N–H and O–H groups in total. The van der Waals surface area contributed by atoms with Crippen LogP contribution < -0.4 is 10.6 Å². The van der Waals surface area contributed by atoms with Gasteiger partial charge in [-0.15, -0.1) is 0 Å². The Bertz CT molecular complexity index is 642. The van der Waals surface area contributed by atoms with Crippen LogP contribution in [0.25, 0.3) is 0 Å². The first-order valence-electron chi connectivity index (χ1n) is 8.46. The fourth-order valence-corrected chi connectivity index (χ4v) is 2.69. The molecule has 24 heavy (non-hydrogen) atoms. The van der Waals surface area contributed by atoms with Crippen LogP contribution in [0.1, 0.15) is 51.2 Å². The molecule has 0 bridgehead atoms.